The second-order valence-corrected chi connectivity index (χ2v) is 5.09. The number of nitrogens with one attached hydrogen (secondary N) is 1. The molecule has 7 nitrogen and oxygen atoms in total. The van der Waals surface area contributed by atoms with Gasteiger partial charge in [0.2, 0.25) is 11.8 Å². The smallest absolute Gasteiger partial charge is 0.258 e. The molecule has 0 radical (unpaired) electrons. The summed E-state index contributed by atoms with van der Waals surface area (Å²) in [5, 5.41) is 17.8. The number of aromatic amines is 1. The van der Waals surface area contributed by atoms with Crippen molar-refractivity contribution in [3.8, 4) is 23.3 Å². The Hall–Kier alpha value is -2.44. The number of nitrogens with zero attached hydrogens (tertiary/aromatic N) is 3. The Morgan fingerprint density at radius 1 is 1.29 bits per heavy atom. The molecule has 1 aliphatic carbocycles. The number of hydrogen-bond donors (Lipinski definition) is 2. The SMILES string of the molecule is COc1ccc(-c2nc(O)c(C3CCCC3)c(=O)[nH]2)nn1. The molecule has 1 fully saturated rings. The second-order valence-electron chi connectivity index (χ2n) is 5.09. The molecule has 0 amide bonds. The number of hydrogen-bond acceptors (Lipinski definition) is 6. The second kappa shape index (κ2) is 5.51. The van der Waals surface area contributed by atoms with Gasteiger partial charge in [-0.2, -0.15) is 4.98 Å². The van der Waals surface area contributed by atoms with Gasteiger partial charge in [0, 0.05) is 6.07 Å². The van der Waals surface area contributed by atoms with Crippen molar-refractivity contribution in [3.05, 3.63) is 28.0 Å². The first kappa shape index (κ1) is 13.5. The van der Waals surface area contributed by atoms with Crippen LogP contribution in [0.2, 0.25) is 0 Å². The normalized spacial score (nSPS) is 15.3. The topological polar surface area (TPSA) is 101 Å². The fourth-order valence-corrected chi connectivity index (χ4v) is 2.73. The summed E-state index contributed by atoms with van der Waals surface area (Å²) in [6, 6.07) is 3.24. The first-order chi connectivity index (χ1) is 10.2. The minimum atomic E-state index is -0.304. The summed E-state index contributed by atoms with van der Waals surface area (Å²) in [5.74, 6) is 0.456. The fraction of sp³-hybridized carbons (Fsp3) is 0.429. The number of rotatable bonds is 3. The molecular weight excluding hydrogens is 272 g/mol. The van der Waals surface area contributed by atoms with Crippen LogP contribution in [0, 0.1) is 0 Å². The van der Waals surface area contributed by atoms with Gasteiger partial charge in [0.25, 0.3) is 5.56 Å². The maximum absolute atomic E-state index is 12.2. The summed E-state index contributed by atoms with van der Waals surface area (Å²) in [4.78, 5) is 19.0. The van der Waals surface area contributed by atoms with Crippen molar-refractivity contribution in [3.63, 3.8) is 0 Å². The third-order valence-electron chi connectivity index (χ3n) is 3.79. The molecule has 2 heterocycles. The summed E-state index contributed by atoms with van der Waals surface area (Å²) in [5.41, 5.74) is 0.459. The molecule has 21 heavy (non-hydrogen) atoms. The van der Waals surface area contributed by atoms with E-state index < -0.39 is 0 Å². The molecule has 0 unspecified atom stereocenters. The molecular formula is C14H16N4O3. The Morgan fingerprint density at radius 2 is 2.05 bits per heavy atom. The van der Waals surface area contributed by atoms with Gasteiger partial charge in [-0.15, -0.1) is 10.2 Å². The van der Waals surface area contributed by atoms with Crippen molar-refractivity contribution in [2.75, 3.05) is 7.11 Å². The molecule has 0 spiro atoms. The molecule has 2 aromatic rings. The van der Waals surface area contributed by atoms with Crippen LogP contribution in [0.1, 0.15) is 37.2 Å². The molecule has 0 aromatic carbocycles. The Labute approximate surface area is 121 Å². The van der Waals surface area contributed by atoms with Gasteiger partial charge in [-0.25, -0.2) is 0 Å². The lowest BCUT2D eigenvalue weighted by Gasteiger charge is -2.10. The van der Waals surface area contributed by atoms with Gasteiger partial charge >= 0.3 is 0 Å². The lowest BCUT2D eigenvalue weighted by atomic mass is 10.00. The van der Waals surface area contributed by atoms with E-state index in [4.69, 9.17) is 4.74 Å². The largest absolute Gasteiger partial charge is 0.493 e. The van der Waals surface area contributed by atoms with Crippen LogP contribution in [0.3, 0.4) is 0 Å². The van der Waals surface area contributed by atoms with E-state index in [1.165, 1.54) is 7.11 Å². The van der Waals surface area contributed by atoms with Crippen LogP contribution < -0.4 is 10.3 Å². The molecule has 110 valence electrons. The van der Waals surface area contributed by atoms with E-state index in [9.17, 15) is 9.90 Å². The molecule has 1 saturated carbocycles. The monoisotopic (exact) mass is 288 g/mol. The third kappa shape index (κ3) is 2.58. The van der Waals surface area contributed by atoms with Gasteiger partial charge in [0.1, 0.15) is 5.69 Å². The highest BCUT2D eigenvalue weighted by Crippen LogP contribution is 2.35. The van der Waals surface area contributed by atoms with E-state index in [1.54, 1.807) is 12.1 Å². The minimum Gasteiger partial charge on any atom is -0.493 e. The first-order valence-electron chi connectivity index (χ1n) is 6.90. The molecule has 3 rings (SSSR count). The number of H-pyrrole nitrogens is 1. The van der Waals surface area contributed by atoms with Gasteiger partial charge < -0.3 is 14.8 Å². The van der Waals surface area contributed by atoms with Gasteiger partial charge in [0.15, 0.2) is 5.82 Å². The van der Waals surface area contributed by atoms with Crippen LogP contribution in [0.5, 0.6) is 11.8 Å². The first-order valence-corrected chi connectivity index (χ1v) is 6.90. The van der Waals surface area contributed by atoms with Crippen LogP contribution >= 0.6 is 0 Å². The van der Waals surface area contributed by atoms with E-state index in [-0.39, 0.29) is 23.2 Å². The maximum atomic E-state index is 12.2. The van der Waals surface area contributed by atoms with Crippen LogP contribution in [-0.4, -0.2) is 32.4 Å². The molecule has 2 aromatic heterocycles. The Bertz CT molecular complexity index is 690. The summed E-state index contributed by atoms with van der Waals surface area (Å²) >= 11 is 0. The van der Waals surface area contributed by atoms with Crippen molar-refractivity contribution < 1.29 is 9.84 Å². The van der Waals surface area contributed by atoms with Crippen molar-refractivity contribution in [1.29, 1.82) is 0 Å². The molecule has 2 N–H and O–H groups in total. The van der Waals surface area contributed by atoms with Crippen LogP contribution in [0.25, 0.3) is 11.5 Å². The Kier molecular flexibility index (Phi) is 3.55. The van der Waals surface area contributed by atoms with E-state index in [2.05, 4.69) is 20.2 Å². The molecule has 0 bridgehead atoms. The summed E-state index contributed by atoms with van der Waals surface area (Å²) < 4.78 is 4.92. The summed E-state index contributed by atoms with van der Waals surface area (Å²) in [6.45, 7) is 0. The lowest BCUT2D eigenvalue weighted by Crippen LogP contribution is -2.17. The summed E-state index contributed by atoms with van der Waals surface area (Å²) in [6.07, 6.45) is 3.99. The molecule has 0 aliphatic heterocycles. The lowest BCUT2D eigenvalue weighted by molar-refractivity contribution is 0.392. The zero-order valence-electron chi connectivity index (χ0n) is 11.7. The zero-order chi connectivity index (χ0) is 14.8. The highest BCUT2D eigenvalue weighted by molar-refractivity contribution is 5.50. The van der Waals surface area contributed by atoms with Crippen molar-refractivity contribution >= 4 is 0 Å². The van der Waals surface area contributed by atoms with Gasteiger partial charge in [-0.1, -0.05) is 12.8 Å². The van der Waals surface area contributed by atoms with Crippen LogP contribution in [0.15, 0.2) is 16.9 Å². The molecule has 0 saturated heterocycles. The van der Waals surface area contributed by atoms with E-state index in [0.717, 1.165) is 25.7 Å². The molecule has 0 atom stereocenters. The van der Waals surface area contributed by atoms with Gasteiger partial charge in [0.05, 0.1) is 12.7 Å². The minimum absolute atomic E-state index is 0.0947. The van der Waals surface area contributed by atoms with Crippen molar-refractivity contribution in [1.82, 2.24) is 20.2 Å². The van der Waals surface area contributed by atoms with Crippen molar-refractivity contribution in [2.45, 2.75) is 31.6 Å². The Balaban J connectivity index is 1.99. The average molecular weight is 288 g/mol. The molecule has 7 heteroatoms. The number of ether oxygens (including phenoxy) is 1. The van der Waals surface area contributed by atoms with E-state index >= 15 is 0 Å². The van der Waals surface area contributed by atoms with E-state index in [0.29, 0.717) is 17.1 Å². The van der Waals surface area contributed by atoms with Crippen molar-refractivity contribution in [2.24, 2.45) is 0 Å². The highest BCUT2D eigenvalue weighted by Gasteiger charge is 2.25. The van der Waals surface area contributed by atoms with Gasteiger partial charge in [-0.3, -0.25) is 4.79 Å². The number of aromatic hydroxyl groups is 1. The zero-order valence-corrected chi connectivity index (χ0v) is 11.7. The summed E-state index contributed by atoms with van der Waals surface area (Å²) in [7, 11) is 1.49. The standard InChI is InChI=1S/C14H16N4O3/c1-21-10-7-6-9(17-18-10)12-15-13(19)11(14(20)16-12)8-4-2-3-5-8/h6-8H,2-5H2,1H3,(H2,15,16,19,20). The van der Waals surface area contributed by atoms with E-state index in [1.807, 2.05) is 0 Å². The quantitative estimate of drug-likeness (QED) is 0.889. The maximum Gasteiger partial charge on any atom is 0.258 e. The average Bonchev–Trinajstić information content (AvgIpc) is 3.00. The number of methoxy groups -OCH3 is 1. The predicted octanol–water partition coefficient (Wildman–Crippen LogP) is 1.60. The molecule has 1 aliphatic rings. The predicted molar refractivity (Wildman–Crippen MR) is 75.3 cm³/mol. The number of aromatic nitrogens is 4. The third-order valence-corrected chi connectivity index (χ3v) is 3.79. The van der Waals surface area contributed by atoms with Gasteiger partial charge in [-0.05, 0) is 24.8 Å². The fourth-order valence-electron chi connectivity index (χ4n) is 2.73. The van der Waals surface area contributed by atoms with Crippen LogP contribution in [0.4, 0.5) is 0 Å². The highest BCUT2D eigenvalue weighted by atomic mass is 16.5. The van der Waals surface area contributed by atoms with Crippen LogP contribution in [-0.2, 0) is 0 Å². The Morgan fingerprint density at radius 3 is 2.62 bits per heavy atom.